The monoisotopic (exact) mass is 309 g/mol. The highest BCUT2D eigenvalue weighted by atomic mass is 79.9. The molecule has 18 heavy (non-hydrogen) atoms. The Morgan fingerprint density at radius 1 is 1.39 bits per heavy atom. The first-order valence-electron chi connectivity index (χ1n) is 5.86. The number of rotatable bonds is 4. The molecule has 0 aliphatic carbocycles. The molecule has 5 heteroatoms. The standard InChI is InChI=1S/C13H16BrN3O/c1-8(13-9(2)17-18-10(13)3)6-15-12-5-4-11(14)7-16-12/h4-5,7-8H,6H2,1-3H3,(H,15,16)/t8-/m1/s1. The second-order valence-electron chi connectivity index (χ2n) is 4.38. The highest BCUT2D eigenvalue weighted by Crippen LogP contribution is 2.23. The average molecular weight is 310 g/mol. The van der Waals surface area contributed by atoms with Crippen LogP contribution in [0.2, 0.25) is 0 Å². The van der Waals surface area contributed by atoms with Gasteiger partial charge in [-0.15, -0.1) is 0 Å². The van der Waals surface area contributed by atoms with Crippen LogP contribution < -0.4 is 5.32 Å². The lowest BCUT2D eigenvalue weighted by Crippen LogP contribution is -2.11. The summed E-state index contributed by atoms with van der Waals surface area (Å²) in [4.78, 5) is 4.28. The van der Waals surface area contributed by atoms with Gasteiger partial charge >= 0.3 is 0 Å². The molecule has 4 nitrogen and oxygen atoms in total. The Hall–Kier alpha value is -1.36. The Labute approximate surface area is 115 Å². The number of hydrogen-bond acceptors (Lipinski definition) is 4. The second kappa shape index (κ2) is 5.52. The number of aromatic nitrogens is 2. The van der Waals surface area contributed by atoms with Crippen LogP contribution in [-0.4, -0.2) is 16.7 Å². The third-order valence-corrected chi connectivity index (χ3v) is 3.37. The van der Waals surface area contributed by atoms with Crippen molar-refractivity contribution in [3.05, 3.63) is 39.8 Å². The maximum Gasteiger partial charge on any atom is 0.137 e. The minimum Gasteiger partial charge on any atom is -0.369 e. The highest BCUT2D eigenvalue weighted by molar-refractivity contribution is 9.10. The first-order valence-corrected chi connectivity index (χ1v) is 6.65. The molecular formula is C13H16BrN3O. The van der Waals surface area contributed by atoms with Crippen LogP contribution in [0.3, 0.4) is 0 Å². The van der Waals surface area contributed by atoms with Crippen molar-refractivity contribution < 1.29 is 4.52 Å². The number of anilines is 1. The van der Waals surface area contributed by atoms with Gasteiger partial charge in [0.05, 0.1) is 5.69 Å². The van der Waals surface area contributed by atoms with Gasteiger partial charge in [0, 0.05) is 28.7 Å². The van der Waals surface area contributed by atoms with Gasteiger partial charge in [-0.25, -0.2) is 4.98 Å². The van der Waals surface area contributed by atoms with Gasteiger partial charge in [-0.3, -0.25) is 0 Å². The molecule has 0 saturated heterocycles. The molecule has 0 saturated carbocycles. The molecule has 0 aromatic carbocycles. The summed E-state index contributed by atoms with van der Waals surface area (Å²) in [5.41, 5.74) is 2.14. The number of hydrogen-bond donors (Lipinski definition) is 1. The van der Waals surface area contributed by atoms with Gasteiger partial charge in [0.25, 0.3) is 0 Å². The first-order chi connectivity index (χ1) is 8.58. The summed E-state index contributed by atoms with van der Waals surface area (Å²) in [5.74, 6) is 2.10. The highest BCUT2D eigenvalue weighted by Gasteiger charge is 2.16. The average Bonchev–Trinajstić information content (AvgIpc) is 2.68. The lowest BCUT2D eigenvalue weighted by molar-refractivity contribution is 0.391. The molecule has 1 N–H and O–H groups in total. The van der Waals surface area contributed by atoms with Crippen molar-refractivity contribution in [3.8, 4) is 0 Å². The zero-order valence-corrected chi connectivity index (χ0v) is 12.3. The third-order valence-electron chi connectivity index (χ3n) is 2.90. The van der Waals surface area contributed by atoms with Crippen LogP contribution in [0.25, 0.3) is 0 Å². The van der Waals surface area contributed by atoms with Crippen LogP contribution in [-0.2, 0) is 0 Å². The molecule has 0 aliphatic rings. The third kappa shape index (κ3) is 2.90. The molecule has 0 amide bonds. The molecular weight excluding hydrogens is 294 g/mol. The van der Waals surface area contributed by atoms with Crippen molar-refractivity contribution in [3.63, 3.8) is 0 Å². The summed E-state index contributed by atoms with van der Waals surface area (Å²) < 4.78 is 6.16. The molecule has 2 heterocycles. The van der Waals surface area contributed by atoms with E-state index in [1.807, 2.05) is 26.0 Å². The number of halogens is 1. The SMILES string of the molecule is Cc1noc(C)c1[C@H](C)CNc1ccc(Br)cn1. The molecule has 0 aliphatic heterocycles. The maximum atomic E-state index is 5.18. The fourth-order valence-corrected chi connectivity index (χ4v) is 2.27. The molecule has 0 bridgehead atoms. The summed E-state index contributed by atoms with van der Waals surface area (Å²) in [6, 6.07) is 3.92. The minimum atomic E-state index is 0.335. The van der Waals surface area contributed by atoms with Gasteiger partial charge in [-0.2, -0.15) is 0 Å². The van der Waals surface area contributed by atoms with E-state index in [9.17, 15) is 0 Å². The summed E-state index contributed by atoms with van der Waals surface area (Å²) in [7, 11) is 0. The largest absolute Gasteiger partial charge is 0.369 e. The predicted octanol–water partition coefficient (Wildman–Crippen LogP) is 3.66. The van der Waals surface area contributed by atoms with Crippen molar-refractivity contribution in [2.45, 2.75) is 26.7 Å². The van der Waals surface area contributed by atoms with Gasteiger partial charge in [-0.1, -0.05) is 12.1 Å². The Morgan fingerprint density at radius 2 is 2.17 bits per heavy atom. The van der Waals surface area contributed by atoms with E-state index < -0.39 is 0 Å². The van der Waals surface area contributed by atoms with Gasteiger partial charge < -0.3 is 9.84 Å². The molecule has 2 rings (SSSR count). The van der Waals surface area contributed by atoms with Crippen LogP contribution in [0.1, 0.15) is 29.9 Å². The van der Waals surface area contributed by atoms with E-state index in [0.717, 1.165) is 28.3 Å². The molecule has 0 spiro atoms. The summed E-state index contributed by atoms with van der Waals surface area (Å²) in [5, 5.41) is 7.29. The van der Waals surface area contributed by atoms with Crippen molar-refractivity contribution >= 4 is 21.7 Å². The summed E-state index contributed by atoms with van der Waals surface area (Å²) in [6.45, 7) is 6.87. The number of aryl methyl sites for hydroxylation is 2. The second-order valence-corrected chi connectivity index (χ2v) is 5.30. The first kappa shape index (κ1) is 13.1. The van der Waals surface area contributed by atoms with Crippen LogP contribution in [0.4, 0.5) is 5.82 Å². The zero-order chi connectivity index (χ0) is 13.1. The van der Waals surface area contributed by atoms with Gasteiger partial charge in [-0.05, 0) is 41.9 Å². The van der Waals surface area contributed by atoms with Crippen molar-refractivity contribution in [1.29, 1.82) is 0 Å². The predicted molar refractivity (Wildman–Crippen MR) is 74.8 cm³/mol. The molecule has 0 radical (unpaired) electrons. The zero-order valence-electron chi connectivity index (χ0n) is 10.7. The smallest absolute Gasteiger partial charge is 0.137 e. The lowest BCUT2D eigenvalue weighted by Gasteiger charge is -2.12. The number of pyridine rings is 1. The van der Waals surface area contributed by atoms with Crippen molar-refractivity contribution in [2.75, 3.05) is 11.9 Å². The Morgan fingerprint density at radius 3 is 2.72 bits per heavy atom. The molecule has 2 aromatic heterocycles. The molecule has 2 aromatic rings. The van der Waals surface area contributed by atoms with Crippen molar-refractivity contribution in [1.82, 2.24) is 10.1 Å². The fourth-order valence-electron chi connectivity index (χ4n) is 2.03. The van der Waals surface area contributed by atoms with Crippen LogP contribution in [0.15, 0.2) is 27.3 Å². The minimum absolute atomic E-state index is 0.335. The van der Waals surface area contributed by atoms with E-state index in [0.29, 0.717) is 5.92 Å². The quantitative estimate of drug-likeness (QED) is 0.936. The van der Waals surface area contributed by atoms with Gasteiger partial charge in [0.1, 0.15) is 11.6 Å². The van der Waals surface area contributed by atoms with Gasteiger partial charge in [0.15, 0.2) is 0 Å². The van der Waals surface area contributed by atoms with Gasteiger partial charge in [0.2, 0.25) is 0 Å². The summed E-state index contributed by atoms with van der Waals surface area (Å²) >= 11 is 3.37. The maximum absolute atomic E-state index is 5.18. The van der Waals surface area contributed by atoms with E-state index in [2.05, 4.69) is 38.3 Å². The van der Waals surface area contributed by atoms with E-state index in [-0.39, 0.29) is 0 Å². The van der Waals surface area contributed by atoms with Crippen LogP contribution in [0, 0.1) is 13.8 Å². The van der Waals surface area contributed by atoms with E-state index in [4.69, 9.17) is 4.52 Å². The molecule has 0 unspecified atom stereocenters. The Bertz CT molecular complexity index is 502. The van der Waals surface area contributed by atoms with E-state index in [1.165, 1.54) is 5.56 Å². The lowest BCUT2D eigenvalue weighted by atomic mass is 10.00. The number of nitrogens with zero attached hydrogens (tertiary/aromatic N) is 2. The van der Waals surface area contributed by atoms with Crippen LogP contribution in [0.5, 0.6) is 0 Å². The van der Waals surface area contributed by atoms with Crippen molar-refractivity contribution in [2.24, 2.45) is 0 Å². The van der Waals surface area contributed by atoms with E-state index in [1.54, 1.807) is 6.20 Å². The molecule has 1 atom stereocenters. The Balaban J connectivity index is 2.00. The Kier molecular flexibility index (Phi) is 4.01. The normalized spacial score (nSPS) is 12.4. The molecule has 96 valence electrons. The van der Waals surface area contributed by atoms with E-state index >= 15 is 0 Å². The van der Waals surface area contributed by atoms with Crippen LogP contribution >= 0.6 is 15.9 Å². The topological polar surface area (TPSA) is 51.0 Å². The fraction of sp³-hybridized carbons (Fsp3) is 0.385. The molecule has 0 fully saturated rings. The summed E-state index contributed by atoms with van der Waals surface area (Å²) in [6.07, 6.45) is 1.78. The number of nitrogens with one attached hydrogen (secondary N) is 1.